The Bertz CT molecular complexity index is 1150. The molecule has 4 aromatic carbocycles. The predicted molar refractivity (Wildman–Crippen MR) is 126 cm³/mol. The molecule has 0 aliphatic heterocycles. The lowest BCUT2D eigenvalue weighted by Crippen LogP contribution is -2.00. The topological polar surface area (TPSA) is 49.7 Å². The molecule has 0 aliphatic rings. The molecule has 0 aliphatic carbocycles. The van der Waals surface area contributed by atoms with E-state index in [0.717, 1.165) is 33.4 Å². The summed E-state index contributed by atoms with van der Waals surface area (Å²) >= 11 is 0. The Balaban J connectivity index is 1.94. The van der Waals surface area contributed by atoms with Crippen molar-refractivity contribution in [2.75, 3.05) is 0 Å². The van der Waals surface area contributed by atoms with Crippen molar-refractivity contribution in [1.82, 2.24) is 0 Å². The van der Waals surface area contributed by atoms with E-state index in [1.807, 2.05) is 87.5 Å². The first kappa shape index (κ1) is 20.5. The van der Waals surface area contributed by atoms with Gasteiger partial charge in [-0.1, -0.05) is 53.6 Å². The van der Waals surface area contributed by atoms with E-state index in [9.17, 15) is 10.2 Å². The smallest absolute Gasteiger partial charge is 0.135 e. The van der Waals surface area contributed by atoms with Gasteiger partial charge in [-0.2, -0.15) is 0 Å². The fraction of sp³-hybridized carbons (Fsp3) is 0.143. The van der Waals surface area contributed by atoms with Crippen molar-refractivity contribution in [2.24, 2.45) is 0 Å². The van der Waals surface area contributed by atoms with Crippen LogP contribution < -0.4 is 4.74 Å². The van der Waals surface area contributed by atoms with E-state index < -0.39 is 0 Å². The van der Waals surface area contributed by atoms with Crippen molar-refractivity contribution in [2.45, 2.75) is 27.4 Å². The molecular weight excluding hydrogens is 384 g/mol. The molecule has 3 nitrogen and oxygen atoms in total. The van der Waals surface area contributed by atoms with Gasteiger partial charge < -0.3 is 14.9 Å². The number of hydrogen-bond donors (Lipinski definition) is 2. The van der Waals surface area contributed by atoms with Crippen LogP contribution in [0.5, 0.6) is 17.2 Å². The Kier molecular flexibility index (Phi) is 5.68. The summed E-state index contributed by atoms with van der Waals surface area (Å²) in [6, 6.07) is 25.1. The zero-order chi connectivity index (χ0) is 22.0. The Morgan fingerprint density at radius 3 is 1.58 bits per heavy atom. The summed E-state index contributed by atoms with van der Waals surface area (Å²) in [6.45, 7) is 6.38. The molecule has 0 aromatic heterocycles. The first-order chi connectivity index (χ1) is 14.9. The highest BCUT2D eigenvalue weighted by molar-refractivity contribution is 5.87. The van der Waals surface area contributed by atoms with Crippen molar-refractivity contribution in [3.8, 4) is 39.5 Å². The minimum absolute atomic E-state index is 0.195. The number of hydrogen-bond acceptors (Lipinski definition) is 3. The van der Waals surface area contributed by atoms with E-state index in [2.05, 4.69) is 0 Å². The first-order valence-corrected chi connectivity index (χ1v) is 10.3. The molecule has 0 fully saturated rings. The second-order valence-electron chi connectivity index (χ2n) is 8.00. The summed E-state index contributed by atoms with van der Waals surface area (Å²) in [4.78, 5) is 0. The van der Waals surface area contributed by atoms with Crippen molar-refractivity contribution < 1.29 is 14.9 Å². The number of rotatable bonds is 5. The van der Waals surface area contributed by atoms with E-state index in [1.54, 1.807) is 12.1 Å². The molecule has 0 saturated carbocycles. The monoisotopic (exact) mass is 410 g/mol. The van der Waals surface area contributed by atoms with Gasteiger partial charge in [0.25, 0.3) is 0 Å². The highest BCUT2D eigenvalue weighted by Gasteiger charge is 2.19. The number of ether oxygens (including phenoxy) is 1. The third-order valence-electron chi connectivity index (χ3n) is 5.34. The molecule has 0 radical (unpaired) electrons. The fourth-order valence-electron chi connectivity index (χ4n) is 3.79. The first-order valence-electron chi connectivity index (χ1n) is 10.3. The second kappa shape index (κ2) is 8.57. The number of phenols is 2. The van der Waals surface area contributed by atoms with Gasteiger partial charge in [0.15, 0.2) is 0 Å². The second-order valence-corrected chi connectivity index (χ2v) is 8.00. The Hall–Kier alpha value is -3.72. The Labute approximate surface area is 183 Å². The molecule has 31 heavy (non-hydrogen) atoms. The van der Waals surface area contributed by atoms with Crippen molar-refractivity contribution in [3.05, 3.63) is 101 Å². The van der Waals surface area contributed by atoms with E-state index in [-0.39, 0.29) is 11.5 Å². The molecule has 4 aromatic rings. The van der Waals surface area contributed by atoms with E-state index in [4.69, 9.17) is 4.74 Å². The summed E-state index contributed by atoms with van der Waals surface area (Å²) in [5.41, 5.74) is 7.16. The van der Waals surface area contributed by atoms with Crippen LogP contribution in [-0.2, 0) is 6.61 Å². The molecule has 0 unspecified atom stereocenters. The maximum Gasteiger partial charge on any atom is 0.135 e. The maximum absolute atomic E-state index is 10.6. The van der Waals surface area contributed by atoms with Crippen LogP contribution in [-0.4, -0.2) is 10.2 Å². The molecule has 0 spiro atoms. The van der Waals surface area contributed by atoms with Gasteiger partial charge in [0.1, 0.15) is 23.9 Å². The summed E-state index contributed by atoms with van der Waals surface area (Å²) in [5, 5.41) is 21.3. The summed E-state index contributed by atoms with van der Waals surface area (Å²) < 4.78 is 6.39. The van der Waals surface area contributed by atoms with Crippen LogP contribution in [0.1, 0.15) is 22.3 Å². The van der Waals surface area contributed by atoms with Gasteiger partial charge in [-0.15, -0.1) is 0 Å². The standard InChI is InChI=1S/C28H26O3/c1-18-9-11-26(29)22(13-18)24-15-20(3)16-25(23-14-19(2)10-12-27(23)30)28(24)31-17-21-7-5-4-6-8-21/h4-16,29-30H,17H2,1-3H3. The normalized spacial score (nSPS) is 10.8. The molecular formula is C28H26O3. The SMILES string of the molecule is Cc1ccc(O)c(-c2cc(C)cc(-c3cc(C)ccc3O)c2OCc2ccccc2)c1. The molecule has 2 N–H and O–H groups in total. The number of phenolic OH excluding ortho intramolecular Hbond substituents is 2. The lowest BCUT2D eigenvalue weighted by Gasteiger charge is -2.19. The lowest BCUT2D eigenvalue weighted by atomic mass is 9.92. The van der Waals surface area contributed by atoms with Gasteiger partial charge in [0, 0.05) is 22.3 Å². The van der Waals surface area contributed by atoms with E-state index >= 15 is 0 Å². The van der Waals surface area contributed by atoms with Crippen molar-refractivity contribution >= 4 is 0 Å². The third-order valence-corrected chi connectivity index (χ3v) is 5.34. The summed E-state index contributed by atoms with van der Waals surface area (Å²) in [6.07, 6.45) is 0. The predicted octanol–water partition coefficient (Wildman–Crippen LogP) is 6.94. The van der Waals surface area contributed by atoms with Crippen LogP contribution in [0, 0.1) is 20.8 Å². The number of aromatic hydroxyl groups is 2. The lowest BCUT2D eigenvalue weighted by molar-refractivity contribution is 0.308. The molecule has 156 valence electrons. The van der Waals surface area contributed by atoms with E-state index in [1.165, 1.54) is 0 Å². The summed E-state index contributed by atoms with van der Waals surface area (Å²) in [5.74, 6) is 1.02. The molecule has 0 saturated heterocycles. The minimum atomic E-state index is 0.195. The molecule has 0 heterocycles. The van der Waals surface area contributed by atoms with E-state index in [0.29, 0.717) is 23.5 Å². The molecule has 0 bridgehead atoms. The number of aryl methyl sites for hydroxylation is 3. The zero-order valence-corrected chi connectivity index (χ0v) is 18.0. The molecule has 0 amide bonds. The van der Waals surface area contributed by atoms with Gasteiger partial charge in [0.05, 0.1) is 0 Å². The zero-order valence-electron chi connectivity index (χ0n) is 18.0. The van der Waals surface area contributed by atoms with Gasteiger partial charge in [-0.25, -0.2) is 0 Å². The average Bonchev–Trinajstić information content (AvgIpc) is 2.76. The van der Waals surface area contributed by atoms with Gasteiger partial charge >= 0.3 is 0 Å². The average molecular weight is 411 g/mol. The van der Waals surface area contributed by atoms with Crippen LogP contribution in [0.3, 0.4) is 0 Å². The van der Waals surface area contributed by atoms with Crippen LogP contribution >= 0.6 is 0 Å². The van der Waals surface area contributed by atoms with Gasteiger partial charge in [0.2, 0.25) is 0 Å². The third kappa shape index (κ3) is 4.41. The molecule has 0 atom stereocenters. The Morgan fingerprint density at radius 2 is 1.06 bits per heavy atom. The largest absolute Gasteiger partial charge is 0.507 e. The highest BCUT2D eigenvalue weighted by Crippen LogP contribution is 2.45. The van der Waals surface area contributed by atoms with Crippen molar-refractivity contribution in [3.63, 3.8) is 0 Å². The van der Waals surface area contributed by atoms with Crippen molar-refractivity contribution in [1.29, 1.82) is 0 Å². The Morgan fingerprint density at radius 1 is 0.581 bits per heavy atom. The van der Waals surface area contributed by atoms with Gasteiger partial charge in [-0.05, 0) is 68.3 Å². The van der Waals surface area contributed by atoms with Crippen LogP contribution in [0.4, 0.5) is 0 Å². The molecule has 3 heteroatoms. The van der Waals surface area contributed by atoms with Crippen LogP contribution in [0.15, 0.2) is 78.9 Å². The summed E-state index contributed by atoms with van der Waals surface area (Å²) in [7, 11) is 0. The minimum Gasteiger partial charge on any atom is -0.507 e. The molecule has 4 rings (SSSR count). The fourth-order valence-corrected chi connectivity index (χ4v) is 3.79. The maximum atomic E-state index is 10.6. The van der Waals surface area contributed by atoms with Crippen LogP contribution in [0.2, 0.25) is 0 Å². The van der Waals surface area contributed by atoms with Gasteiger partial charge in [-0.3, -0.25) is 0 Å². The highest BCUT2D eigenvalue weighted by atomic mass is 16.5. The number of benzene rings is 4. The van der Waals surface area contributed by atoms with Crippen LogP contribution in [0.25, 0.3) is 22.3 Å². The quantitative estimate of drug-likeness (QED) is 0.375.